The van der Waals surface area contributed by atoms with Crippen LogP contribution in [0.15, 0.2) is 48.5 Å². The van der Waals surface area contributed by atoms with Crippen molar-refractivity contribution in [1.82, 2.24) is 4.98 Å². The fourth-order valence-corrected chi connectivity index (χ4v) is 2.01. The number of fused-ring (bicyclic) bond motifs is 1. The molecule has 0 atom stereocenters. The monoisotopic (exact) mass is 271 g/mol. The van der Waals surface area contributed by atoms with Crippen LogP contribution in [0.2, 0.25) is 0 Å². The van der Waals surface area contributed by atoms with Crippen LogP contribution in [0.25, 0.3) is 10.9 Å². The maximum Gasteiger partial charge on any atom is 0.356 e. The Morgan fingerprint density at radius 3 is 2.55 bits per heavy atom. The van der Waals surface area contributed by atoms with Gasteiger partial charge in [-0.25, -0.2) is 9.18 Å². The zero-order valence-corrected chi connectivity index (χ0v) is 10.3. The molecule has 0 saturated heterocycles. The zero-order valence-electron chi connectivity index (χ0n) is 10.3. The largest absolute Gasteiger partial charge is 0.476 e. The predicted molar refractivity (Wildman–Crippen MR) is 71.7 cm³/mol. The van der Waals surface area contributed by atoms with Crippen LogP contribution in [0.4, 0.5) is 4.39 Å². The molecule has 4 nitrogen and oxygen atoms in total. The van der Waals surface area contributed by atoms with Gasteiger partial charge in [0.25, 0.3) is 0 Å². The van der Waals surface area contributed by atoms with E-state index in [2.05, 4.69) is 4.98 Å². The lowest BCUT2D eigenvalue weighted by Crippen LogP contribution is -1.99. The summed E-state index contributed by atoms with van der Waals surface area (Å²) in [6.45, 7) is 0. The number of aromatic carboxylic acids is 1. The van der Waals surface area contributed by atoms with Crippen molar-refractivity contribution in [3.05, 3.63) is 60.0 Å². The molecule has 1 heterocycles. The number of benzene rings is 2. The number of nitrogens with one attached hydrogen (secondary N) is 1. The number of H-pyrrole nitrogens is 1. The molecule has 0 aliphatic rings. The minimum atomic E-state index is -1.16. The highest BCUT2D eigenvalue weighted by atomic mass is 19.1. The highest BCUT2D eigenvalue weighted by molar-refractivity contribution is 6.00. The zero-order chi connectivity index (χ0) is 14.1. The van der Waals surface area contributed by atoms with Crippen molar-refractivity contribution >= 4 is 16.9 Å². The van der Waals surface area contributed by atoms with Gasteiger partial charge in [0.1, 0.15) is 0 Å². The van der Waals surface area contributed by atoms with Gasteiger partial charge in [-0.15, -0.1) is 0 Å². The Morgan fingerprint density at radius 1 is 1.10 bits per heavy atom. The number of para-hydroxylation sites is 2. The minimum absolute atomic E-state index is 0.0141. The maximum atomic E-state index is 13.6. The number of rotatable bonds is 3. The third-order valence-electron chi connectivity index (χ3n) is 2.92. The minimum Gasteiger partial charge on any atom is -0.476 e. The number of halogens is 1. The lowest BCUT2D eigenvalue weighted by atomic mass is 10.2. The molecule has 0 spiro atoms. The van der Waals surface area contributed by atoms with Crippen LogP contribution in [0.3, 0.4) is 0 Å². The van der Waals surface area contributed by atoms with E-state index in [-0.39, 0.29) is 17.2 Å². The SMILES string of the molecule is O=C(O)c1[nH]c2ccccc2c1Oc1ccccc1F. The Hall–Kier alpha value is -2.82. The van der Waals surface area contributed by atoms with E-state index in [0.717, 1.165) is 0 Å². The van der Waals surface area contributed by atoms with E-state index in [1.165, 1.54) is 18.2 Å². The molecule has 3 aromatic rings. The molecule has 0 radical (unpaired) electrons. The van der Waals surface area contributed by atoms with Crippen molar-refractivity contribution in [2.24, 2.45) is 0 Å². The molecule has 0 amide bonds. The molecule has 0 fully saturated rings. The number of carboxylic acids is 1. The molecule has 2 aromatic carbocycles. The molecule has 5 heteroatoms. The normalized spacial score (nSPS) is 10.7. The summed E-state index contributed by atoms with van der Waals surface area (Å²) in [5.41, 5.74) is 0.519. The average Bonchev–Trinajstić information content (AvgIpc) is 2.81. The number of aromatic nitrogens is 1. The Balaban J connectivity index is 2.17. The third-order valence-corrected chi connectivity index (χ3v) is 2.92. The summed E-state index contributed by atoms with van der Waals surface area (Å²) in [7, 11) is 0. The van der Waals surface area contributed by atoms with Gasteiger partial charge < -0.3 is 14.8 Å². The number of carboxylic acid groups (broad SMARTS) is 1. The molecule has 20 heavy (non-hydrogen) atoms. The van der Waals surface area contributed by atoms with Crippen molar-refractivity contribution in [3.63, 3.8) is 0 Å². The Bertz CT molecular complexity index is 795. The Labute approximate surface area is 113 Å². The Kier molecular flexibility index (Phi) is 2.87. The maximum absolute atomic E-state index is 13.6. The number of hydrogen-bond donors (Lipinski definition) is 2. The first kappa shape index (κ1) is 12.2. The first-order valence-corrected chi connectivity index (χ1v) is 5.93. The molecule has 0 saturated carbocycles. The molecule has 0 aliphatic carbocycles. The smallest absolute Gasteiger partial charge is 0.356 e. The molecule has 0 unspecified atom stereocenters. The number of hydrogen-bond acceptors (Lipinski definition) is 2. The number of aromatic amines is 1. The average molecular weight is 271 g/mol. The fraction of sp³-hybridized carbons (Fsp3) is 0. The molecule has 0 aliphatic heterocycles. The highest BCUT2D eigenvalue weighted by Crippen LogP contribution is 2.34. The van der Waals surface area contributed by atoms with E-state index in [0.29, 0.717) is 10.9 Å². The van der Waals surface area contributed by atoms with Crippen LogP contribution in [0, 0.1) is 5.82 Å². The number of ether oxygens (including phenoxy) is 1. The molecule has 2 N–H and O–H groups in total. The second kappa shape index (κ2) is 4.70. The molecular weight excluding hydrogens is 261 g/mol. The van der Waals surface area contributed by atoms with Crippen LogP contribution < -0.4 is 4.74 Å². The number of carbonyl (C=O) groups is 1. The van der Waals surface area contributed by atoms with Crippen molar-refractivity contribution in [3.8, 4) is 11.5 Å². The summed E-state index contributed by atoms with van der Waals surface area (Å²) in [4.78, 5) is 14.0. The van der Waals surface area contributed by atoms with Gasteiger partial charge in [0.05, 0.1) is 0 Å². The summed E-state index contributed by atoms with van der Waals surface area (Å²) >= 11 is 0. The van der Waals surface area contributed by atoms with Crippen LogP contribution in [-0.4, -0.2) is 16.1 Å². The summed E-state index contributed by atoms with van der Waals surface area (Å²) in [6.07, 6.45) is 0. The van der Waals surface area contributed by atoms with Crippen molar-refractivity contribution < 1.29 is 19.0 Å². The lowest BCUT2D eigenvalue weighted by Gasteiger charge is -2.06. The highest BCUT2D eigenvalue weighted by Gasteiger charge is 2.19. The van der Waals surface area contributed by atoms with E-state index in [1.54, 1.807) is 30.3 Å². The van der Waals surface area contributed by atoms with Crippen molar-refractivity contribution in [2.45, 2.75) is 0 Å². The fourth-order valence-electron chi connectivity index (χ4n) is 2.01. The first-order valence-electron chi connectivity index (χ1n) is 5.93. The summed E-state index contributed by atoms with van der Waals surface area (Å²) < 4.78 is 19.1. The van der Waals surface area contributed by atoms with Crippen LogP contribution in [0.5, 0.6) is 11.5 Å². The topological polar surface area (TPSA) is 62.3 Å². The van der Waals surface area contributed by atoms with Crippen LogP contribution in [-0.2, 0) is 0 Å². The van der Waals surface area contributed by atoms with E-state index in [4.69, 9.17) is 4.74 Å². The summed E-state index contributed by atoms with van der Waals surface area (Å²) in [5.74, 6) is -1.61. The van der Waals surface area contributed by atoms with Gasteiger partial charge >= 0.3 is 5.97 Å². The quantitative estimate of drug-likeness (QED) is 0.761. The van der Waals surface area contributed by atoms with Gasteiger partial charge in [-0.05, 0) is 24.3 Å². The van der Waals surface area contributed by atoms with Crippen LogP contribution in [0.1, 0.15) is 10.5 Å². The molecule has 3 rings (SSSR count). The van der Waals surface area contributed by atoms with Gasteiger partial charge in [-0.2, -0.15) is 0 Å². The standard InChI is InChI=1S/C15H10FNO3/c16-10-6-2-4-8-12(10)20-14-9-5-1-3-7-11(9)17-13(14)15(18)19/h1-8,17H,(H,18,19). The van der Waals surface area contributed by atoms with Crippen LogP contribution >= 0.6 is 0 Å². The van der Waals surface area contributed by atoms with Crippen molar-refractivity contribution in [1.29, 1.82) is 0 Å². The third kappa shape index (κ3) is 1.99. The van der Waals surface area contributed by atoms with Gasteiger partial charge in [-0.1, -0.05) is 24.3 Å². The second-order valence-electron chi connectivity index (χ2n) is 4.21. The van der Waals surface area contributed by atoms with Gasteiger partial charge in [0.2, 0.25) is 0 Å². The molecule has 100 valence electrons. The Morgan fingerprint density at radius 2 is 1.80 bits per heavy atom. The predicted octanol–water partition coefficient (Wildman–Crippen LogP) is 3.80. The van der Waals surface area contributed by atoms with Gasteiger partial charge in [-0.3, -0.25) is 0 Å². The second-order valence-corrected chi connectivity index (χ2v) is 4.21. The van der Waals surface area contributed by atoms with Gasteiger partial charge in [0.15, 0.2) is 23.0 Å². The van der Waals surface area contributed by atoms with E-state index in [9.17, 15) is 14.3 Å². The van der Waals surface area contributed by atoms with Crippen molar-refractivity contribution in [2.75, 3.05) is 0 Å². The summed E-state index contributed by atoms with van der Waals surface area (Å²) in [6, 6.07) is 12.8. The molecular formula is C15H10FNO3. The van der Waals surface area contributed by atoms with E-state index < -0.39 is 11.8 Å². The first-order chi connectivity index (χ1) is 9.66. The lowest BCUT2D eigenvalue weighted by molar-refractivity contribution is 0.0688. The van der Waals surface area contributed by atoms with E-state index in [1.807, 2.05) is 0 Å². The van der Waals surface area contributed by atoms with Gasteiger partial charge in [0, 0.05) is 10.9 Å². The van der Waals surface area contributed by atoms with E-state index >= 15 is 0 Å². The molecule has 0 bridgehead atoms. The summed E-state index contributed by atoms with van der Waals surface area (Å²) in [5, 5.41) is 9.80. The molecule has 1 aromatic heterocycles.